The van der Waals surface area contributed by atoms with Crippen molar-refractivity contribution in [3.8, 4) is 0 Å². The molecule has 3 rings (SSSR count). The predicted molar refractivity (Wildman–Crippen MR) is 143 cm³/mol. The number of aromatic nitrogens is 3. The number of nitrogens with zero attached hydrogens (tertiary/aromatic N) is 6. The first-order chi connectivity index (χ1) is 17.3. The van der Waals surface area contributed by atoms with E-state index < -0.39 is 0 Å². The van der Waals surface area contributed by atoms with Gasteiger partial charge in [0.1, 0.15) is 18.4 Å². The number of rotatable bonds is 10. The number of likely N-dealkylation sites (N-methyl/N-ethyl adjacent to an activating group) is 2. The molecule has 12 heteroatoms. The van der Waals surface area contributed by atoms with Crippen LogP contribution < -0.4 is 27.1 Å². The van der Waals surface area contributed by atoms with Crippen LogP contribution in [-0.2, 0) is 11.3 Å². The Morgan fingerprint density at radius 1 is 1.17 bits per heavy atom. The molecule has 0 bridgehead atoms. The zero-order valence-electron chi connectivity index (χ0n) is 21.1. The van der Waals surface area contributed by atoms with E-state index in [-0.39, 0.29) is 24.0 Å². The van der Waals surface area contributed by atoms with Crippen molar-refractivity contribution >= 4 is 41.1 Å². The van der Waals surface area contributed by atoms with Gasteiger partial charge in [0.25, 0.3) is 5.91 Å². The van der Waals surface area contributed by atoms with Crippen molar-refractivity contribution in [3.05, 3.63) is 53.5 Å². The summed E-state index contributed by atoms with van der Waals surface area (Å²) in [5, 5.41) is 7.27. The Hall–Kier alpha value is -4.32. The Bertz CT molecular complexity index is 1180. The summed E-state index contributed by atoms with van der Waals surface area (Å²) in [7, 11) is 6.10. The molecule has 0 unspecified atom stereocenters. The van der Waals surface area contributed by atoms with Gasteiger partial charge in [-0.25, -0.2) is 15.0 Å². The number of nitrogens with two attached hydrogens (primary N) is 2. The Kier molecular flexibility index (Phi) is 11.0. The van der Waals surface area contributed by atoms with Gasteiger partial charge in [0, 0.05) is 50.0 Å². The fourth-order valence-electron chi connectivity index (χ4n) is 3.22. The van der Waals surface area contributed by atoms with Crippen molar-refractivity contribution in [2.24, 2.45) is 10.8 Å². The summed E-state index contributed by atoms with van der Waals surface area (Å²) in [5.41, 5.74) is 16.1. The van der Waals surface area contributed by atoms with Gasteiger partial charge < -0.3 is 36.8 Å². The Morgan fingerprint density at radius 3 is 2.58 bits per heavy atom. The highest BCUT2D eigenvalue weighted by molar-refractivity contribution is 5.96. The number of hydrogen-bond acceptors (Lipinski definition) is 10. The molecule has 0 saturated carbocycles. The van der Waals surface area contributed by atoms with Gasteiger partial charge in [0.2, 0.25) is 0 Å². The maximum atomic E-state index is 12.5. The third-order valence-corrected chi connectivity index (χ3v) is 5.07. The minimum atomic E-state index is -0.359. The normalized spacial score (nSPS) is 10.7. The highest BCUT2D eigenvalue weighted by Gasteiger charge is 2.16. The molecule has 0 saturated heterocycles. The molecule has 0 aliphatic rings. The molecule has 192 valence electrons. The number of carbonyl (C=O) groups excluding carboxylic acids is 2. The third kappa shape index (κ3) is 8.17. The van der Waals surface area contributed by atoms with Crippen LogP contribution in [-0.4, -0.2) is 79.2 Å². The van der Waals surface area contributed by atoms with E-state index in [1.165, 1.54) is 12.4 Å². The van der Waals surface area contributed by atoms with Crippen molar-refractivity contribution < 1.29 is 9.59 Å². The molecule has 0 spiro atoms. The van der Waals surface area contributed by atoms with E-state index in [4.69, 9.17) is 16.5 Å². The van der Waals surface area contributed by atoms with Crippen LogP contribution in [0.5, 0.6) is 0 Å². The average Bonchev–Trinajstić information content (AvgIpc) is 2.86. The van der Waals surface area contributed by atoms with Gasteiger partial charge in [-0.1, -0.05) is 18.2 Å². The molecule has 0 aliphatic carbocycles. The largest absolute Gasteiger partial charge is 0.388 e. The summed E-state index contributed by atoms with van der Waals surface area (Å²) in [5.74, 6) is 0.600. The molecular weight excluding hydrogens is 460 g/mol. The summed E-state index contributed by atoms with van der Waals surface area (Å²) < 4.78 is 0. The number of benzene rings is 1. The van der Waals surface area contributed by atoms with E-state index >= 15 is 0 Å². The van der Waals surface area contributed by atoms with E-state index in [1.54, 1.807) is 0 Å². The van der Waals surface area contributed by atoms with Crippen LogP contribution in [0, 0.1) is 6.92 Å². The molecule has 2 aromatic heterocycles. The van der Waals surface area contributed by atoms with Gasteiger partial charge in [-0.15, -0.1) is 0 Å². The number of carbonyl (C=O) groups is 2. The van der Waals surface area contributed by atoms with Crippen molar-refractivity contribution in [2.75, 3.05) is 51.4 Å². The number of para-hydroxylation sites is 1. The summed E-state index contributed by atoms with van der Waals surface area (Å²) in [6, 6.07) is 8.18. The Morgan fingerprint density at radius 2 is 1.92 bits per heavy atom. The quantitative estimate of drug-likeness (QED) is 0.102. The lowest BCUT2D eigenvalue weighted by Gasteiger charge is -2.24. The predicted octanol–water partition coefficient (Wildman–Crippen LogP) is 0.520. The molecule has 1 aromatic carbocycles. The summed E-state index contributed by atoms with van der Waals surface area (Å²) in [4.78, 5) is 39.1. The molecule has 0 atom stereocenters. The van der Waals surface area contributed by atoms with E-state index in [1.807, 2.05) is 33.3 Å². The number of anilines is 2. The van der Waals surface area contributed by atoms with Gasteiger partial charge >= 0.3 is 0 Å². The molecule has 0 aliphatic heterocycles. The first-order valence-corrected chi connectivity index (χ1v) is 11.3. The summed E-state index contributed by atoms with van der Waals surface area (Å²) in [6.07, 6.45) is 4.70. The van der Waals surface area contributed by atoms with Gasteiger partial charge in [0.15, 0.2) is 11.5 Å². The number of nitrogens with one attached hydrogen (secondary N) is 2. The number of pyridine rings is 1. The molecule has 2 heterocycles. The summed E-state index contributed by atoms with van der Waals surface area (Å²) in [6.45, 7) is 4.29. The lowest BCUT2D eigenvalue weighted by atomic mass is 10.1. The maximum absolute atomic E-state index is 12.5. The van der Waals surface area contributed by atoms with Crippen molar-refractivity contribution in [2.45, 2.75) is 13.5 Å². The first-order valence-electron chi connectivity index (χ1n) is 11.3. The van der Waals surface area contributed by atoms with Crippen molar-refractivity contribution in [3.63, 3.8) is 0 Å². The Labute approximate surface area is 210 Å². The zero-order valence-corrected chi connectivity index (χ0v) is 21.1. The second-order valence-electron chi connectivity index (χ2n) is 8.12. The molecule has 6 N–H and O–H groups in total. The number of hydrazone groups is 1. The van der Waals surface area contributed by atoms with Gasteiger partial charge in [0.05, 0.1) is 12.1 Å². The van der Waals surface area contributed by atoms with Crippen LogP contribution in [0.3, 0.4) is 0 Å². The van der Waals surface area contributed by atoms with E-state index in [2.05, 4.69) is 54.7 Å². The van der Waals surface area contributed by atoms with Gasteiger partial charge in [-0.2, -0.15) is 5.10 Å². The molecule has 36 heavy (non-hydrogen) atoms. The number of aryl methyl sites for hydroxylation is 1. The number of amides is 1. The molecule has 3 aromatic rings. The standard InChI is InChI=1S/C21H27N7O.C3H7N3O/c1-14-6-5-7-15-12-16(13-25-21(29)18-19(22)24-9-8-23-18)20(26-17(14)15)28(4)11-10-27(2)3;4-3-6-5-1-2-7/h5-9,12H,10-11,13H2,1-4H3,(H2,22,24)(H,25,29);2-3,5H,1H2,(H2,4,6). The number of nitrogen functional groups attached to an aromatic ring is 1. The molecule has 0 radical (unpaired) electrons. The SMILES string of the molecule is Cc1cccc2cc(CNC(=O)c3nccnc3N)c(N(C)CCN(C)C)nc12.N/C=N\NCC=O. The molecule has 12 nitrogen and oxygen atoms in total. The van der Waals surface area contributed by atoms with Crippen LogP contribution in [0.15, 0.2) is 41.8 Å². The third-order valence-electron chi connectivity index (χ3n) is 5.07. The minimum absolute atomic E-state index is 0.112. The lowest BCUT2D eigenvalue weighted by molar-refractivity contribution is -0.107. The van der Waals surface area contributed by atoms with Gasteiger partial charge in [-0.3, -0.25) is 4.79 Å². The number of aldehydes is 1. The first kappa shape index (κ1) is 27.9. The second kappa shape index (κ2) is 14.2. The zero-order chi connectivity index (χ0) is 26.5. The minimum Gasteiger partial charge on any atom is -0.388 e. The van der Waals surface area contributed by atoms with E-state index in [0.29, 0.717) is 12.8 Å². The smallest absolute Gasteiger partial charge is 0.273 e. The molecule has 1 amide bonds. The second-order valence-corrected chi connectivity index (χ2v) is 8.12. The van der Waals surface area contributed by atoms with Crippen LogP contribution in [0.1, 0.15) is 21.6 Å². The monoisotopic (exact) mass is 494 g/mol. The highest BCUT2D eigenvalue weighted by Crippen LogP contribution is 2.25. The van der Waals surface area contributed by atoms with Crippen LogP contribution >= 0.6 is 0 Å². The van der Waals surface area contributed by atoms with Crippen molar-refractivity contribution in [1.82, 2.24) is 30.6 Å². The maximum Gasteiger partial charge on any atom is 0.273 e. The average molecular weight is 495 g/mol. The number of fused-ring (bicyclic) bond motifs is 1. The summed E-state index contributed by atoms with van der Waals surface area (Å²) >= 11 is 0. The van der Waals surface area contributed by atoms with Crippen molar-refractivity contribution in [1.29, 1.82) is 0 Å². The van der Waals surface area contributed by atoms with Gasteiger partial charge in [-0.05, 0) is 32.6 Å². The number of hydrogen-bond donors (Lipinski definition) is 4. The molecular formula is C24H34N10O2. The fourth-order valence-corrected chi connectivity index (χ4v) is 3.22. The van der Waals surface area contributed by atoms with E-state index in [9.17, 15) is 9.59 Å². The van der Waals surface area contributed by atoms with E-state index in [0.717, 1.165) is 47.3 Å². The topological polar surface area (TPSA) is 168 Å². The lowest BCUT2D eigenvalue weighted by Crippen LogP contribution is -2.31. The highest BCUT2D eigenvalue weighted by atomic mass is 16.2. The van der Waals surface area contributed by atoms with Crippen LogP contribution in [0.2, 0.25) is 0 Å². The van der Waals surface area contributed by atoms with Crippen LogP contribution in [0.4, 0.5) is 11.6 Å². The molecule has 0 fully saturated rings. The Balaban J connectivity index is 0.000000572. The van der Waals surface area contributed by atoms with Crippen LogP contribution in [0.25, 0.3) is 10.9 Å². The fraction of sp³-hybridized carbons (Fsp3) is 0.333.